The molecule has 3 aromatic rings. The number of para-hydroxylation sites is 2. The number of aliphatic imine (C=N–C) groups is 1. The highest BCUT2D eigenvalue weighted by molar-refractivity contribution is 7.98. The Morgan fingerprint density at radius 3 is 2.74 bits per heavy atom. The third-order valence-corrected chi connectivity index (χ3v) is 5.92. The van der Waals surface area contributed by atoms with Crippen LogP contribution in [-0.4, -0.2) is 21.7 Å². The Morgan fingerprint density at radius 1 is 1.15 bits per heavy atom. The van der Waals surface area contributed by atoms with Gasteiger partial charge in [0.1, 0.15) is 11.3 Å². The zero-order valence-corrected chi connectivity index (χ0v) is 15.3. The number of hydrogen-bond donors (Lipinski definition) is 3. The quantitative estimate of drug-likeness (QED) is 0.608. The number of pyridine rings is 1. The Bertz CT molecular complexity index is 1130. The minimum absolute atomic E-state index is 0.0477. The van der Waals surface area contributed by atoms with E-state index in [0.717, 1.165) is 29.8 Å². The second-order valence-corrected chi connectivity index (χ2v) is 7.62. The van der Waals surface area contributed by atoms with Gasteiger partial charge in [-0.2, -0.15) is 0 Å². The molecule has 136 valence electrons. The molecule has 1 saturated carbocycles. The molecular weight excluding hydrogens is 360 g/mol. The minimum Gasteiger partial charge on any atom is -0.506 e. The lowest BCUT2D eigenvalue weighted by atomic mass is 9.94. The van der Waals surface area contributed by atoms with E-state index in [4.69, 9.17) is 0 Å². The number of benzene rings is 2. The summed E-state index contributed by atoms with van der Waals surface area (Å²) >= 11 is 1.39. The number of amidine groups is 1. The number of rotatable bonds is 3. The van der Waals surface area contributed by atoms with E-state index in [1.165, 1.54) is 11.9 Å². The average Bonchev–Trinajstić information content (AvgIpc) is 2.66. The van der Waals surface area contributed by atoms with Gasteiger partial charge in [0.05, 0.1) is 16.1 Å². The van der Waals surface area contributed by atoms with Crippen LogP contribution in [0.25, 0.3) is 10.9 Å². The van der Waals surface area contributed by atoms with Crippen molar-refractivity contribution in [3.8, 4) is 5.75 Å². The molecule has 0 spiro atoms. The first-order chi connectivity index (χ1) is 13.2. The molecule has 0 amide bonds. The van der Waals surface area contributed by atoms with E-state index in [1.54, 1.807) is 4.68 Å². The van der Waals surface area contributed by atoms with Crippen molar-refractivity contribution < 1.29 is 5.11 Å². The Labute approximate surface area is 160 Å². The topological polar surface area (TPSA) is 78.7 Å². The van der Waals surface area contributed by atoms with Crippen molar-refractivity contribution in [2.24, 2.45) is 4.99 Å². The van der Waals surface area contributed by atoms with Gasteiger partial charge >= 0.3 is 0 Å². The molecule has 2 aromatic carbocycles. The summed E-state index contributed by atoms with van der Waals surface area (Å²) in [6.07, 6.45) is 3.25. The molecule has 1 fully saturated rings. The summed E-state index contributed by atoms with van der Waals surface area (Å²) in [5, 5.41) is 11.5. The maximum absolute atomic E-state index is 13.3. The highest BCUT2D eigenvalue weighted by Crippen LogP contribution is 2.34. The van der Waals surface area contributed by atoms with Crippen LogP contribution in [-0.2, 0) is 0 Å². The normalized spacial score (nSPS) is 16.2. The van der Waals surface area contributed by atoms with Gasteiger partial charge < -0.3 is 15.3 Å². The first-order valence-corrected chi connectivity index (χ1v) is 9.78. The van der Waals surface area contributed by atoms with Crippen molar-refractivity contribution in [3.05, 3.63) is 64.4 Å². The van der Waals surface area contributed by atoms with E-state index < -0.39 is 0 Å². The van der Waals surface area contributed by atoms with E-state index in [0.29, 0.717) is 16.7 Å². The summed E-state index contributed by atoms with van der Waals surface area (Å²) < 4.78 is 4.67. The van der Waals surface area contributed by atoms with Gasteiger partial charge in [-0.1, -0.05) is 24.3 Å². The third kappa shape index (κ3) is 2.66. The summed E-state index contributed by atoms with van der Waals surface area (Å²) in [5.74, 6) is 0.324. The molecule has 2 heterocycles. The maximum Gasteiger partial charge on any atom is 0.284 e. The van der Waals surface area contributed by atoms with Crippen LogP contribution < -0.4 is 15.7 Å². The predicted octanol–water partition coefficient (Wildman–Crippen LogP) is 3.49. The Hall–Kier alpha value is -2.93. The molecule has 0 saturated heterocycles. The van der Waals surface area contributed by atoms with Gasteiger partial charge in [0.15, 0.2) is 5.84 Å². The fourth-order valence-corrected chi connectivity index (χ4v) is 4.10. The predicted molar refractivity (Wildman–Crippen MR) is 109 cm³/mol. The number of aromatic nitrogens is 1. The summed E-state index contributed by atoms with van der Waals surface area (Å²) in [6, 6.07) is 15.4. The SMILES string of the molecule is O=c1c(C2=Nc3ccccc3SN2)c(O)c2ccccc2n1NC1CCC1. The molecule has 6 nitrogen and oxygen atoms in total. The molecule has 0 bridgehead atoms. The van der Waals surface area contributed by atoms with Gasteiger partial charge in [0.2, 0.25) is 0 Å². The van der Waals surface area contributed by atoms with E-state index >= 15 is 0 Å². The van der Waals surface area contributed by atoms with E-state index in [2.05, 4.69) is 15.1 Å². The van der Waals surface area contributed by atoms with Gasteiger partial charge in [-0.3, -0.25) is 4.79 Å². The number of fused-ring (bicyclic) bond motifs is 2. The standard InChI is InChI=1S/C20H18N4O2S/c25-18-13-8-1-3-10-15(13)24(22-12-6-5-7-12)20(26)17(18)19-21-14-9-2-4-11-16(14)27-23-19/h1-4,8-12,22,25H,5-7H2,(H,21,23). The van der Waals surface area contributed by atoms with Crippen LogP contribution in [0.2, 0.25) is 0 Å². The molecule has 3 N–H and O–H groups in total. The van der Waals surface area contributed by atoms with Crippen molar-refractivity contribution in [1.82, 2.24) is 9.40 Å². The second-order valence-electron chi connectivity index (χ2n) is 6.77. The number of aromatic hydroxyl groups is 1. The van der Waals surface area contributed by atoms with Crippen LogP contribution in [0, 0.1) is 0 Å². The highest BCUT2D eigenvalue weighted by Gasteiger charge is 2.25. The van der Waals surface area contributed by atoms with Gasteiger partial charge in [0.25, 0.3) is 5.56 Å². The largest absolute Gasteiger partial charge is 0.506 e. The van der Waals surface area contributed by atoms with Crippen LogP contribution in [0.1, 0.15) is 24.8 Å². The van der Waals surface area contributed by atoms with Crippen LogP contribution in [0.4, 0.5) is 5.69 Å². The van der Waals surface area contributed by atoms with Crippen molar-refractivity contribution in [3.63, 3.8) is 0 Å². The molecule has 0 unspecified atom stereocenters. The number of nitrogens with one attached hydrogen (secondary N) is 2. The minimum atomic E-state index is -0.302. The van der Waals surface area contributed by atoms with Gasteiger partial charge in [0, 0.05) is 11.4 Å². The summed E-state index contributed by atoms with van der Waals surface area (Å²) in [5.41, 5.74) is 4.65. The lowest BCUT2D eigenvalue weighted by Gasteiger charge is -2.29. The molecule has 27 heavy (non-hydrogen) atoms. The zero-order valence-electron chi connectivity index (χ0n) is 14.5. The Kier molecular flexibility index (Phi) is 3.82. The second kappa shape index (κ2) is 6.35. The molecule has 1 aromatic heterocycles. The van der Waals surface area contributed by atoms with Crippen LogP contribution in [0.3, 0.4) is 0 Å². The van der Waals surface area contributed by atoms with Crippen molar-refractivity contribution in [2.45, 2.75) is 30.2 Å². The molecular formula is C20H18N4O2S. The monoisotopic (exact) mass is 378 g/mol. The number of nitrogens with zero attached hydrogens (tertiary/aromatic N) is 2. The van der Waals surface area contributed by atoms with E-state index in [-0.39, 0.29) is 22.9 Å². The first kappa shape index (κ1) is 16.3. The molecule has 5 rings (SSSR count). The van der Waals surface area contributed by atoms with Gasteiger partial charge in [-0.05, 0) is 55.5 Å². The molecule has 2 aliphatic rings. The van der Waals surface area contributed by atoms with Gasteiger partial charge in [-0.25, -0.2) is 9.67 Å². The van der Waals surface area contributed by atoms with Crippen LogP contribution in [0.5, 0.6) is 5.75 Å². The molecule has 0 radical (unpaired) electrons. The lowest BCUT2D eigenvalue weighted by molar-refractivity contribution is 0.414. The van der Waals surface area contributed by atoms with Crippen molar-refractivity contribution in [2.75, 3.05) is 5.43 Å². The average molecular weight is 378 g/mol. The summed E-state index contributed by atoms with van der Waals surface area (Å²) in [7, 11) is 0. The third-order valence-electron chi connectivity index (χ3n) is 5.06. The van der Waals surface area contributed by atoms with Crippen molar-refractivity contribution in [1.29, 1.82) is 0 Å². The van der Waals surface area contributed by atoms with Crippen LogP contribution >= 0.6 is 11.9 Å². The Balaban J connectivity index is 1.73. The maximum atomic E-state index is 13.3. The molecule has 1 aliphatic carbocycles. The molecule has 1 aliphatic heterocycles. The van der Waals surface area contributed by atoms with Crippen LogP contribution in [0.15, 0.2) is 63.2 Å². The fourth-order valence-electron chi connectivity index (χ4n) is 3.38. The Morgan fingerprint density at radius 2 is 1.93 bits per heavy atom. The van der Waals surface area contributed by atoms with Crippen molar-refractivity contribution >= 4 is 34.4 Å². The van der Waals surface area contributed by atoms with Gasteiger partial charge in [-0.15, -0.1) is 0 Å². The summed E-state index contributed by atoms with van der Waals surface area (Å²) in [4.78, 5) is 18.9. The molecule has 7 heteroatoms. The molecule has 0 atom stereocenters. The highest BCUT2D eigenvalue weighted by atomic mass is 32.2. The number of hydrogen-bond acceptors (Lipinski definition) is 6. The zero-order chi connectivity index (χ0) is 18.4. The van der Waals surface area contributed by atoms with E-state index in [9.17, 15) is 9.90 Å². The van der Waals surface area contributed by atoms with E-state index in [1.807, 2.05) is 48.5 Å². The smallest absolute Gasteiger partial charge is 0.284 e. The summed E-state index contributed by atoms with van der Waals surface area (Å²) in [6.45, 7) is 0. The fraction of sp³-hybridized carbons (Fsp3) is 0.200. The first-order valence-electron chi connectivity index (χ1n) is 8.96. The lowest BCUT2D eigenvalue weighted by Crippen LogP contribution is -2.42.